The number of carbonyl (C=O) groups excluding carboxylic acids is 1. The van der Waals surface area contributed by atoms with Gasteiger partial charge in [0.25, 0.3) is 0 Å². The predicted octanol–water partition coefficient (Wildman–Crippen LogP) is 12.0. The first kappa shape index (κ1) is 57.6. The fourth-order valence-corrected chi connectivity index (χ4v) is 7.22. The number of aliphatic hydroxyl groups is 4. The zero-order valence-corrected chi connectivity index (χ0v) is 39.3. The van der Waals surface area contributed by atoms with E-state index in [0.717, 1.165) is 89.9 Å². The smallest absolute Gasteiger partial charge is 0.306 e. The van der Waals surface area contributed by atoms with Crippen LogP contribution in [0.15, 0.2) is 72.9 Å². The molecule has 0 saturated carbocycles. The number of carbonyl (C=O) groups is 1. The first-order valence-corrected chi connectivity index (χ1v) is 25.0. The Hall–Kier alpha value is -2.37. The van der Waals surface area contributed by atoms with Crippen molar-refractivity contribution in [1.29, 1.82) is 0 Å². The molecule has 4 N–H and O–H groups in total. The van der Waals surface area contributed by atoms with Crippen LogP contribution in [0.2, 0.25) is 0 Å². The molecule has 62 heavy (non-hydrogen) atoms. The summed E-state index contributed by atoms with van der Waals surface area (Å²) in [5.74, 6) is -0.328. The molecule has 6 atom stereocenters. The summed E-state index contributed by atoms with van der Waals surface area (Å²) < 4.78 is 22.9. The van der Waals surface area contributed by atoms with Crippen LogP contribution in [0, 0.1) is 0 Å². The monoisotopic (exact) mass is 873 g/mol. The fraction of sp³-hybridized carbons (Fsp3) is 0.755. The Morgan fingerprint density at radius 3 is 1.50 bits per heavy atom. The zero-order chi connectivity index (χ0) is 45.0. The summed E-state index contributed by atoms with van der Waals surface area (Å²) in [6.45, 7) is 4.41. The van der Waals surface area contributed by atoms with E-state index in [2.05, 4.69) is 86.8 Å². The topological polar surface area (TPSA) is 135 Å². The second-order valence-electron chi connectivity index (χ2n) is 16.9. The maximum Gasteiger partial charge on any atom is 0.306 e. The first-order chi connectivity index (χ1) is 30.4. The predicted molar refractivity (Wildman–Crippen MR) is 256 cm³/mol. The van der Waals surface area contributed by atoms with Gasteiger partial charge in [-0.05, 0) is 83.5 Å². The van der Waals surface area contributed by atoms with Crippen molar-refractivity contribution < 1.29 is 44.2 Å². The maximum atomic E-state index is 12.8. The molecule has 0 aromatic carbocycles. The third-order valence-electron chi connectivity index (χ3n) is 11.1. The molecule has 0 spiro atoms. The number of unbranched alkanes of at least 4 members (excludes halogenated alkanes) is 19. The minimum absolute atomic E-state index is 0.124. The van der Waals surface area contributed by atoms with E-state index >= 15 is 0 Å². The van der Waals surface area contributed by atoms with Gasteiger partial charge in [0.15, 0.2) is 6.29 Å². The standard InChI is InChI=1S/C53H92O9/c1-3-5-7-9-11-13-15-17-19-21-22-23-24-25-26-27-28-30-32-34-36-38-40-42-49(55)61-47(46-60-53-52(58)51(57)50(56)48(44-54)62-53)45-59-43-41-39-37-35-33-31-29-20-18-16-14-12-10-8-6-4-2/h5,7,11,13,17-20,22-23,25-26,47-48,50-54,56-58H,3-4,6,8-10,12,14-16,21,24,27-46H2,1-2H3/b7-5-,13-11-,19-17-,20-18-,23-22-,26-25-. The van der Waals surface area contributed by atoms with E-state index in [1.165, 1.54) is 83.5 Å². The van der Waals surface area contributed by atoms with Crippen LogP contribution in [-0.2, 0) is 23.7 Å². The number of aliphatic hydroxyl groups excluding tert-OH is 4. The molecule has 9 heteroatoms. The summed E-state index contributed by atoms with van der Waals surface area (Å²) in [6.07, 6.45) is 50.7. The van der Waals surface area contributed by atoms with Gasteiger partial charge in [-0.15, -0.1) is 0 Å². The van der Waals surface area contributed by atoms with Crippen molar-refractivity contribution in [3.8, 4) is 0 Å². The van der Waals surface area contributed by atoms with E-state index in [1.807, 2.05) is 0 Å². The van der Waals surface area contributed by atoms with Gasteiger partial charge in [0, 0.05) is 13.0 Å². The van der Waals surface area contributed by atoms with E-state index in [9.17, 15) is 25.2 Å². The van der Waals surface area contributed by atoms with Gasteiger partial charge < -0.3 is 39.4 Å². The lowest BCUT2D eigenvalue weighted by atomic mass is 9.99. The highest BCUT2D eigenvalue weighted by molar-refractivity contribution is 5.69. The Morgan fingerprint density at radius 1 is 0.532 bits per heavy atom. The molecule has 1 aliphatic heterocycles. The summed E-state index contributed by atoms with van der Waals surface area (Å²) >= 11 is 0. The Kier molecular flexibility index (Phi) is 40.8. The van der Waals surface area contributed by atoms with Crippen LogP contribution in [0.25, 0.3) is 0 Å². The van der Waals surface area contributed by atoms with Crippen LogP contribution >= 0.6 is 0 Å². The molecule has 1 heterocycles. The third-order valence-corrected chi connectivity index (χ3v) is 11.1. The third kappa shape index (κ3) is 34.1. The quantitative estimate of drug-likeness (QED) is 0.0269. The molecule has 0 aliphatic carbocycles. The van der Waals surface area contributed by atoms with Crippen LogP contribution < -0.4 is 0 Å². The second kappa shape index (κ2) is 43.9. The van der Waals surface area contributed by atoms with Crippen molar-refractivity contribution >= 4 is 5.97 Å². The summed E-state index contributed by atoms with van der Waals surface area (Å²) in [5.41, 5.74) is 0. The number of rotatable bonds is 42. The zero-order valence-electron chi connectivity index (χ0n) is 39.3. The molecule has 1 aliphatic rings. The van der Waals surface area contributed by atoms with Crippen molar-refractivity contribution in [3.05, 3.63) is 72.9 Å². The lowest BCUT2D eigenvalue weighted by Crippen LogP contribution is -2.59. The normalized spacial score (nSPS) is 20.4. The molecule has 1 saturated heterocycles. The van der Waals surface area contributed by atoms with Crippen molar-refractivity contribution in [2.45, 2.75) is 230 Å². The minimum Gasteiger partial charge on any atom is -0.457 e. The lowest BCUT2D eigenvalue weighted by molar-refractivity contribution is -0.305. The highest BCUT2D eigenvalue weighted by Gasteiger charge is 2.44. The van der Waals surface area contributed by atoms with E-state index in [-0.39, 0.29) is 19.2 Å². The van der Waals surface area contributed by atoms with Crippen LogP contribution in [0.4, 0.5) is 0 Å². The number of hydrogen-bond acceptors (Lipinski definition) is 9. The molecule has 1 fully saturated rings. The Balaban J connectivity index is 2.24. The number of allylic oxidation sites excluding steroid dienone is 12. The molecule has 358 valence electrons. The van der Waals surface area contributed by atoms with Crippen LogP contribution in [0.1, 0.15) is 194 Å². The van der Waals surface area contributed by atoms with Crippen LogP contribution in [0.5, 0.6) is 0 Å². The van der Waals surface area contributed by atoms with Crippen LogP contribution in [-0.4, -0.2) is 89.6 Å². The molecule has 0 aromatic heterocycles. The minimum atomic E-state index is -1.54. The number of hydrogen-bond donors (Lipinski definition) is 4. The highest BCUT2D eigenvalue weighted by atomic mass is 16.7. The molecule has 0 radical (unpaired) electrons. The molecule has 0 amide bonds. The fourth-order valence-electron chi connectivity index (χ4n) is 7.22. The van der Waals surface area contributed by atoms with Crippen LogP contribution in [0.3, 0.4) is 0 Å². The molecular weight excluding hydrogens is 781 g/mol. The molecule has 0 aromatic rings. The Labute approximate surface area is 378 Å². The average molecular weight is 873 g/mol. The molecule has 1 rings (SSSR count). The van der Waals surface area contributed by atoms with Crippen molar-refractivity contribution in [3.63, 3.8) is 0 Å². The SMILES string of the molecule is CC/C=C\C/C=C\C/C=C\C/C=C\C/C=C\CCCCCCCCCC(=O)OC(COCCCCCCCC/C=C\CCCCCCCC)COC1OC(CO)C(O)C(O)C1O. The van der Waals surface area contributed by atoms with E-state index in [0.29, 0.717) is 13.0 Å². The maximum absolute atomic E-state index is 12.8. The van der Waals surface area contributed by atoms with Gasteiger partial charge in [-0.25, -0.2) is 0 Å². The Morgan fingerprint density at radius 2 is 0.984 bits per heavy atom. The van der Waals surface area contributed by atoms with Crippen molar-refractivity contribution in [2.75, 3.05) is 26.4 Å². The van der Waals surface area contributed by atoms with Gasteiger partial charge in [0.1, 0.15) is 30.5 Å². The van der Waals surface area contributed by atoms with Gasteiger partial charge in [0.05, 0.1) is 19.8 Å². The molecule has 0 bridgehead atoms. The molecule has 9 nitrogen and oxygen atoms in total. The summed E-state index contributed by atoms with van der Waals surface area (Å²) in [5, 5.41) is 40.2. The lowest BCUT2D eigenvalue weighted by Gasteiger charge is -2.39. The largest absolute Gasteiger partial charge is 0.457 e. The highest BCUT2D eigenvalue weighted by Crippen LogP contribution is 2.22. The van der Waals surface area contributed by atoms with Gasteiger partial charge in [0.2, 0.25) is 0 Å². The number of ether oxygens (including phenoxy) is 4. The Bertz CT molecular complexity index is 1180. The number of esters is 1. The van der Waals surface area contributed by atoms with Gasteiger partial charge in [-0.1, -0.05) is 177 Å². The van der Waals surface area contributed by atoms with Gasteiger partial charge >= 0.3 is 5.97 Å². The molecule has 6 unspecified atom stereocenters. The van der Waals surface area contributed by atoms with Crippen molar-refractivity contribution in [2.24, 2.45) is 0 Å². The van der Waals surface area contributed by atoms with E-state index < -0.39 is 43.4 Å². The van der Waals surface area contributed by atoms with Crippen molar-refractivity contribution in [1.82, 2.24) is 0 Å². The van der Waals surface area contributed by atoms with E-state index in [4.69, 9.17) is 18.9 Å². The first-order valence-electron chi connectivity index (χ1n) is 25.0. The summed E-state index contributed by atoms with van der Waals surface area (Å²) in [4.78, 5) is 12.8. The molecular formula is C53H92O9. The summed E-state index contributed by atoms with van der Waals surface area (Å²) in [6, 6.07) is 0. The van der Waals surface area contributed by atoms with Gasteiger partial charge in [-0.2, -0.15) is 0 Å². The van der Waals surface area contributed by atoms with Gasteiger partial charge in [-0.3, -0.25) is 4.79 Å². The second-order valence-corrected chi connectivity index (χ2v) is 16.9. The van der Waals surface area contributed by atoms with E-state index in [1.54, 1.807) is 0 Å². The summed E-state index contributed by atoms with van der Waals surface area (Å²) in [7, 11) is 0. The average Bonchev–Trinajstić information content (AvgIpc) is 3.27.